The number of nitrogens with two attached hydrogens (primary N) is 1. The molecule has 1 aromatic rings. The van der Waals surface area contributed by atoms with Crippen LogP contribution in [0.15, 0.2) is 11.0 Å². The fourth-order valence-electron chi connectivity index (χ4n) is 1.87. The second-order valence-corrected chi connectivity index (χ2v) is 6.78. The third kappa shape index (κ3) is 4.22. The van der Waals surface area contributed by atoms with Crippen molar-refractivity contribution in [2.75, 3.05) is 12.3 Å². The number of phosphoric ester groups is 1. The van der Waals surface area contributed by atoms with Gasteiger partial charge in [-0.15, -0.1) is 0 Å². The van der Waals surface area contributed by atoms with E-state index in [4.69, 9.17) is 20.3 Å². The molecule has 0 amide bonds. The van der Waals surface area contributed by atoms with E-state index in [2.05, 4.69) is 9.51 Å². The fourth-order valence-corrected chi connectivity index (χ4v) is 2.63. The van der Waals surface area contributed by atoms with E-state index >= 15 is 0 Å². The van der Waals surface area contributed by atoms with Gasteiger partial charge in [0.1, 0.15) is 18.1 Å². The molecule has 0 radical (unpaired) electrons. The van der Waals surface area contributed by atoms with Crippen LogP contribution in [-0.4, -0.2) is 43.3 Å². The smallest absolute Gasteiger partial charge is 0.390 e. The molecule has 118 valence electrons. The number of rotatable bonds is 4. The summed E-state index contributed by atoms with van der Waals surface area (Å²) in [6.07, 6.45) is -1.28. The first-order chi connectivity index (χ1) is 9.67. The van der Waals surface area contributed by atoms with Gasteiger partial charge >= 0.3 is 13.5 Å². The Morgan fingerprint density at radius 1 is 1.62 bits per heavy atom. The number of anilines is 1. The quantitative estimate of drug-likeness (QED) is 0.352. The minimum Gasteiger partial charge on any atom is -0.390 e. The summed E-state index contributed by atoms with van der Waals surface area (Å²) in [6.45, 7) is -0.490. The average Bonchev–Trinajstić information content (AvgIpc) is 2.72. The Hall–Kier alpha value is -0.560. The van der Waals surface area contributed by atoms with Crippen LogP contribution in [0.2, 0.25) is 0 Å². The first-order valence-corrected chi connectivity index (χ1v) is 8.36. The molecular weight excluding hydrogens is 420 g/mol. The standard InChI is InChI=1S/C9H13IN3O7P/c10-4-2-13(9(15)12-8(4)11)7-1-5(14)6(20-7)3-19-21(16,17)18/h2,5-7,14H,1,3H2,(H2,11,12,15)(H2,16,17,18)/t5-,6+,7+/m0/s1. The van der Waals surface area contributed by atoms with Crippen LogP contribution in [-0.2, 0) is 13.8 Å². The first-order valence-electron chi connectivity index (χ1n) is 5.75. The number of phosphoric acid groups is 1. The summed E-state index contributed by atoms with van der Waals surface area (Å²) in [7, 11) is -4.65. The molecule has 1 aromatic heterocycles. The van der Waals surface area contributed by atoms with E-state index in [1.165, 1.54) is 10.8 Å². The third-order valence-corrected chi connectivity index (χ3v) is 4.17. The first kappa shape index (κ1) is 16.8. The lowest BCUT2D eigenvalue weighted by Gasteiger charge is -2.16. The van der Waals surface area contributed by atoms with Crippen molar-refractivity contribution >= 4 is 36.2 Å². The van der Waals surface area contributed by atoms with Gasteiger partial charge in [0.15, 0.2) is 0 Å². The molecule has 1 saturated heterocycles. The molecule has 0 aliphatic carbocycles. The van der Waals surface area contributed by atoms with Gasteiger partial charge in [-0.05, 0) is 22.6 Å². The van der Waals surface area contributed by atoms with E-state index < -0.39 is 38.6 Å². The minimum absolute atomic E-state index is 0.0662. The monoisotopic (exact) mass is 433 g/mol. The molecule has 5 N–H and O–H groups in total. The summed E-state index contributed by atoms with van der Waals surface area (Å²) in [4.78, 5) is 32.6. The van der Waals surface area contributed by atoms with Gasteiger partial charge in [0.25, 0.3) is 0 Å². The number of aliphatic hydroxyl groups excluding tert-OH is 1. The molecule has 2 heterocycles. The van der Waals surface area contributed by atoms with Crippen molar-refractivity contribution < 1.29 is 28.7 Å². The highest BCUT2D eigenvalue weighted by molar-refractivity contribution is 14.1. The number of aliphatic hydroxyl groups is 1. The van der Waals surface area contributed by atoms with Crippen LogP contribution in [0.3, 0.4) is 0 Å². The van der Waals surface area contributed by atoms with Crippen molar-refractivity contribution in [3.8, 4) is 0 Å². The minimum atomic E-state index is -4.65. The second-order valence-electron chi connectivity index (χ2n) is 4.38. The Kier molecular flexibility index (Phi) is 5.03. The molecule has 3 atom stereocenters. The number of halogens is 1. The summed E-state index contributed by atoms with van der Waals surface area (Å²) in [5.41, 5.74) is 4.87. The number of hydrogen-bond donors (Lipinski definition) is 4. The Bertz CT molecular complexity index is 632. The fraction of sp³-hybridized carbons (Fsp3) is 0.556. The highest BCUT2D eigenvalue weighted by Gasteiger charge is 2.37. The van der Waals surface area contributed by atoms with Crippen LogP contribution in [0.4, 0.5) is 5.82 Å². The van der Waals surface area contributed by atoms with Crippen LogP contribution < -0.4 is 11.4 Å². The summed E-state index contributed by atoms with van der Waals surface area (Å²) in [5, 5.41) is 9.81. The predicted octanol–water partition coefficient (Wildman–Crippen LogP) is -0.812. The zero-order chi connectivity index (χ0) is 15.8. The molecule has 12 heteroatoms. The highest BCUT2D eigenvalue weighted by atomic mass is 127. The molecule has 1 aliphatic heterocycles. The molecule has 0 bridgehead atoms. The molecule has 0 unspecified atom stereocenters. The summed E-state index contributed by atoms with van der Waals surface area (Å²) in [5.74, 6) is 0.0942. The maximum atomic E-state index is 11.8. The Morgan fingerprint density at radius 2 is 2.29 bits per heavy atom. The zero-order valence-corrected chi connectivity index (χ0v) is 13.5. The van der Waals surface area contributed by atoms with E-state index in [9.17, 15) is 14.5 Å². The molecule has 21 heavy (non-hydrogen) atoms. The van der Waals surface area contributed by atoms with E-state index in [0.29, 0.717) is 3.57 Å². The average molecular weight is 433 g/mol. The van der Waals surface area contributed by atoms with Crippen molar-refractivity contribution in [1.82, 2.24) is 9.55 Å². The molecule has 0 aromatic carbocycles. The van der Waals surface area contributed by atoms with Gasteiger partial charge in [-0.25, -0.2) is 9.36 Å². The van der Waals surface area contributed by atoms with Gasteiger partial charge in [0, 0.05) is 12.6 Å². The number of ether oxygens (including phenoxy) is 1. The second kappa shape index (κ2) is 6.28. The largest absolute Gasteiger partial charge is 0.469 e. The van der Waals surface area contributed by atoms with Gasteiger partial charge in [-0.2, -0.15) is 4.98 Å². The van der Waals surface area contributed by atoms with Crippen molar-refractivity contribution in [3.05, 3.63) is 20.3 Å². The summed E-state index contributed by atoms with van der Waals surface area (Å²) in [6, 6.07) is 0. The maximum absolute atomic E-state index is 11.8. The summed E-state index contributed by atoms with van der Waals surface area (Å²) < 4.78 is 22.0. The SMILES string of the molecule is Nc1nc(=O)n([C@H]2C[C@H](O)[C@@H](COP(=O)(O)O)O2)cc1I. The van der Waals surface area contributed by atoms with Crippen LogP contribution >= 0.6 is 30.4 Å². The molecule has 1 fully saturated rings. The van der Waals surface area contributed by atoms with Crippen molar-refractivity contribution in [2.45, 2.75) is 24.9 Å². The van der Waals surface area contributed by atoms with Gasteiger partial charge in [0.05, 0.1) is 16.3 Å². The molecule has 0 saturated carbocycles. The third-order valence-electron chi connectivity index (χ3n) is 2.86. The van der Waals surface area contributed by atoms with E-state index in [-0.39, 0.29) is 12.2 Å². The molecule has 0 spiro atoms. The lowest BCUT2D eigenvalue weighted by Crippen LogP contribution is -2.29. The molecule has 10 nitrogen and oxygen atoms in total. The van der Waals surface area contributed by atoms with Crippen LogP contribution in [0.5, 0.6) is 0 Å². The van der Waals surface area contributed by atoms with Gasteiger partial charge in [0.2, 0.25) is 0 Å². The number of nitrogens with zero attached hydrogens (tertiary/aromatic N) is 2. The van der Waals surface area contributed by atoms with Crippen molar-refractivity contribution in [3.63, 3.8) is 0 Å². The van der Waals surface area contributed by atoms with Crippen LogP contribution in [0.1, 0.15) is 12.6 Å². The van der Waals surface area contributed by atoms with Gasteiger partial charge in [-0.1, -0.05) is 0 Å². The van der Waals surface area contributed by atoms with Gasteiger partial charge < -0.3 is 25.4 Å². The van der Waals surface area contributed by atoms with E-state index in [0.717, 1.165) is 0 Å². The Morgan fingerprint density at radius 3 is 2.90 bits per heavy atom. The number of aromatic nitrogens is 2. The van der Waals surface area contributed by atoms with E-state index in [1.807, 2.05) is 22.6 Å². The van der Waals surface area contributed by atoms with Crippen molar-refractivity contribution in [2.24, 2.45) is 0 Å². The lowest BCUT2D eigenvalue weighted by molar-refractivity contribution is -0.0451. The highest BCUT2D eigenvalue weighted by Crippen LogP contribution is 2.38. The molecule has 1 aliphatic rings. The van der Waals surface area contributed by atoms with E-state index in [1.54, 1.807) is 0 Å². The Balaban J connectivity index is 2.12. The normalized spacial score (nSPS) is 26.2. The Labute approximate surface area is 132 Å². The van der Waals surface area contributed by atoms with Crippen molar-refractivity contribution in [1.29, 1.82) is 0 Å². The van der Waals surface area contributed by atoms with Crippen LogP contribution in [0.25, 0.3) is 0 Å². The lowest BCUT2D eigenvalue weighted by atomic mass is 10.2. The predicted molar refractivity (Wildman–Crippen MR) is 78.2 cm³/mol. The number of hydrogen-bond acceptors (Lipinski definition) is 7. The maximum Gasteiger partial charge on any atom is 0.469 e. The topological polar surface area (TPSA) is 157 Å². The molecule has 2 rings (SSSR count). The molecular formula is C9H13IN3O7P. The zero-order valence-electron chi connectivity index (χ0n) is 10.5. The van der Waals surface area contributed by atoms with Gasteiger partial charge in [-0.3, -0.25) is 9.09 Å². The summed E-state index contributed by atoms with van der Waals surface area (Å²) >= 11 is 1.90. The number of nitrogen functional groups attached to an aromatic ring is 1. The van der Waals surface area contributed by atoms with Crippen LogP contribution in [0, 0.1) is 3.57 Å².